The van der Waals surface area contributed by atoms with Gasteiger partial charge in [0, 0.05) is 45.5 Å². The number of ether oxygens (including phenoxy) is 1. The molecule has 1 aliphatic heterocycles. The van der Waals surface area contributed by atoms with Gasteiger partial charge in [-0.05, 0) is 25.0 Å². The Balaban J connectivity index is 2.15. The van der Waals surface area contributed by atoms with Crippen LogP contribution in [0.15, 0.2) is 12.3 Å². The quantitative estimate of drug-likeness (QED) is 0.806. The van der Waals surface area contributed by atoms with Crippen LogP contribution in [0.25, 0.3) is 0 Å². The molecule has 1 aromatic rings. The summed E-state index contributed by atoms with van der Waals surface area (Å²) >= 11 is 0. The Hall–Kier alpha value is -1.64. The number of aryl methyl sites for hydroxylation is 1. The van der Waals surface area contributed by atoms with Crippen LogP contribution in [0.4, 0.5) is 5.82 Å². The minimum Gasteiger partial charge on any atom is -0.383 e. The maximum absolute atomic E-state index is 9.42. The summed E-state index contributed by atoms with van der Waals surface area (Å²) in [5.74, 6) is 0.843. The fourth-order valence-corrected chi connectivity index (χ4v) is 3.12. The Labute approximate surface area is 133 Å². The second-order valence-electron chi connectivity index (χ2n) is 5.86. The highest BCUT2D eigenvalue weighted by atomic mass is 16.5. The lowest BCUT2D eigenvalue weighted by Crippen LogP contribution is -2.54. The molecule has 5 nitrogen and oxygen atoms in total. The number of nitrogens with zero attached hydrogens (tertiary/aromatic N) is 4. The van der Waals surface area contributed by atoms with Crippen LogP contribution in [-0.4, -0.2) is 55.8 Å². The average Bonchev–Trinajstić information content (AvgIpc) is 2.53. The predicted molar refractivity (Wildman–Crippen MR) is 88.0 cm³/mol. The number of pyridine rings is 1. The van der Waals surface area contributed by atoms with Gasteiger partial charge in [0.1, 0.15) is 11.9 Å². The molecular formula is C17H26N4O. The lowest BCUT2D eigenvalue weighted by Gasteiger charge is -2.42. The van der Waals surface area contributed by atoms with E-state index in [9.17, 15) is 5.26 Å². The van der Waals surface area contributed by atoms with Gasteiger partial charge < -0.3 is 9.64 Å². The van der Waals surface area contributed by atoms with Crippen molar-refractivity contribution in [2.75, 3.05) is 44.8 Å². The molecule has 0 amide bonds. The van der Waals surface area contributed by atoms with Crippen LogP contribution in [0.1, 0.15) is 30.9 Å². The van der Waals surface area contributed by atoms with Crippen molar-refractivity contribution < 1.29 is 4.74 Å². The molecule has 2 rings (SSSR count). The average molecular weight is 302 g/mol. The van der Waals surface area contributed by atoms with Gasteiger partial charge in [-0.3, -0.25) is 4.90 Å². The van der Waals surface area contributed by atoms with Crippen molar-refractivity contribution in [2.24, 2.45) is 0 Å². The van der Waals surface area contributed by atoms with Crippen molar-refractivity contribution >= 4 is 5.82 Å². The molecule has 120 valence electrons. The van der Waals surface area contributed by atoms with Crippen molar-refractivity contribution in [2.45, 2.75) is 32.7 Å². The van der Waals surface area contributed by atoms with Crippen molar-refractivity contribution in [1.29, 1.82) is 5.26 Å². The van der Waals surface area contributed by atoms with Gasteiger partial charge in [0.15, 0.2) is 0 Å². The molecule has 22 heavy (non-hydrogen) atoms. The number of methoxy groups -OCH3 is 1. The second kappa shape index (κ2) is 8.11. The molecule has 5 heteroatoms. The van der Waals surface area contributed by atoms with Crippen LogP contribution >= 0.6 is 0 Å². The van der Waals surface area contributed by atoms with Crippen molar-refractivity contribution in [3.63, 3.8) is 0 Å². The highest BCUT2D eigenvalue weighted by Gasteiger charge is 2.28. The van der Waals surface area contributed by atoms with Crippen LogP contribution in [0.5, 0.6) is 0 Å². The zero-order valence-corrected chi connectivity index (χ0v) is 13.9. The van der Waals surface area contributed by atoms with E-state index in [0.717, 1.165) is 57.0 Å². The third-order valence-electron chi connectivity index (χ3n) is 4.36. The summed E-state index contributed by atoms with van der Waals surface area (Å²) in [6.07, 6.45) is 4.12. The first-order valence-corrected chi connectivity index (χ1v) is 8.04. The molecule has 1 unspecified atom stereocenters. The molecule has 2 heterocycles. The zero-order valence-electron chi connectivity index (χ0n) is 13.9. The number of piperazine rings is 1. The molecule has 1 aliphatic rings. The summed E-state index contributed by atoms with van der Waals surface area (Å²) in [6, 6.07) is 4.72. The molecule has 0 saturated carbocycles. The van der Waals surface area contributed by atoms with Crippen molar-refractivity contribution in [3.8, 4) is 6.07 Å². The number of hydrogen-bond acceptors (Lipinski definition) is 5. The summed E-state index contributed by atoms with van der Waals surface area (Å²) < 4.78 is 5.22. The van der Waals surface area contributed by atoms with Crippen molar-refractivity contribution in [1.82, 2.24) is 9.88 Å². The second-order valence-corrected chi connectivity index (χ2v) is 5.86. The first kappa shape index (κ1) is 16.7. The molecule has 0 aromatic carbocycles. The molecular weight excluding hydrogens is 276 g/mol. The Bertz CT molecular complexity index is 526. The molecule has 0 N–H and O–H groups in total. The van der Waals surface area contributed by atoms with Crippen LogP contribution in [0, 0.1) is 18.3 Å². The van der Waals surface area contributed by atoms with E-state index in [1.807, 2.05) is 13.0 Å². The van der Waals surface area contributed by atoms with E-state index in [-0.39, 0.29) is 0 Å². The van der Waals surface area contributed by atoms with Crippen LogP contribution in [0.3, 0.4) is 0 Å². The minimum atomic E-state index is 0.503. The Morgan fingerprint density at radius 1 is 1.45 bits per heavy atom. The zero-order chi connectivity index (χ0) is 15.9. The Morgan fingerprint density at radius 3 is 2.95 bits per heavy atom. The van der Waals surface area contributed by atoms with Gasteiger partial charge in [-0.15, -0.1) is 0 Å². The van der Waals surface area contributed by atoms with Gasteiger partial charge in [-0.2, -0.15) is 5.26 Å². The maximum atomic E-state index is 9.42. The lowest BCUT2D eigenvalue weighted by molar-refractivity contribution is 0.107. The monoisotopic (exact) mass is 302 g/mol. The highest BCUT2D eigenvalue weighted by molar-refractivity contribution is 5.57. The smallest absolute Gasteiger partial charge is 0.146 e. The molecule has 1 fully saturated rings. The molecule has 1 aromatic heterocycles. The van der Waals surface area contributed by atoms with Crippen molar-refractivity contribution in [3.05, 3.63) is 23.4 Å². The van der Waals surface area contributed by atoms with E-state index in [0.29, 0.717) is 11.6 Å². The fourth-order valence-electron chi connectivity index (χ4n) is 3.12. The van der Waals surface area contributed by atoms with Gasteiger partial charge in [0.05, 0.1) is 12.2 Å². The SMILES string of the molecule is CCCC1CN(c2nccc(C)c2C#N)CCN1CCOC. The van der Waals surface area contributed by atoms with Crippen LogP contribution in [-0.2, 0) is 4.74 Å². The number of nitriles is 1. The predicted octanol–water partition coefficient (Wildman–Crippen LogP) is 2.20. The topological polar surface area (TPSA) is 52.4 Å². The number of aromatic nitrogens is 1. The van der Waals surface area contributed by atoms with E-state index in [1.54, 1.807) is 13.3 Å². The minimum absolute atomic E-state index is 0.503. The van der Waals surface area contributed by atoms with E-state index in [1.165, 1.54) is 0 Å². The molecule has 0 bridgehead atoms. The number of rotatable bonds is 6. The molecule has 0 aliphatic carbocycles. The van der Waals surface area contributed by atoms with E-state index < -0.39 is 0 Å². The Kier molecular flexibility index (Phi) is 6.17. The maximum Gasteiger partial charge on any atom is 0.146 e. The van der Waals surface area contributed by atoms with E-state index >= 15 is 0 Å². The van der Waals surface area contributed by atoms with Gasteiger partial charge in [0.2, 0.25) is 0 Å². The van der Waals surface area contributed by atoms with Gasteiger partial charge >= 0.3 is 0 Å². The standard InChI is InChI=1S/C17H26N4O/c1-4-5-15-13-21(9-8-20(15)10-11-22-3)17-16(12-18)14(2)6-7-19-17/h6-7,15H,4-5,8-11,13H2,1-3H3. The number of hydrogen-bond donors (Lipinski definition) is 0. The molecule has 0 radical (unpaired) electrons. The number of anilines is 1. The first-order chi connectivity index (χ1) is 10.7. The van der Waals surface area contributed by atoms with E-state index in [2.05, 4.69) is 27.8 Å². The third-order valence-corrected chi connectivity index (χ3v) is 4.36. The summed E-state index contributed by atoms with van der Waals surface area (Å²) in [6.45, 7) is 8.78. The molecule has 1 atom stereocenters. The van der Waals surface area contributed by atoms with E-state index in [4.69, 9.17) is 4.74 Å². The first-order valence-electron chi connectivity index (χ1n) is 8.04. The Morgan fingerprint density at radius 2 is 2.27 bits per heavy atom. The van der Waals surface area contributed by atoms with Crippen LogP contribution in [0.2, 0.25) is 0 Å². The largest absolute Gasteiger partial charge is 0.383 e. The summed E-state index contributed by atoms with van der Waals surface area (Å²) in [7, 11) is 1.75. The normalized spacial score (nSPS) is 19.2. The third kappa shape index (κ3) is 3.76. The molecule has 1 saturated heterocycles. The van der Waals surface area contributed by atoms with Crippen LogP contribution < -0.4 is 4.90 Å². The lowest BCUT2D eigenvalue weighted by atomic mass is 10.1. The fraction of sp³-hybridized carbons (Fsp3) is 0.647. The van der Waals surface area contributed by atoms with Gasteiger partial charge in [0.25, 0.3) is 0 Å². The summed E-state index contributed by atoms with van der Waals surface area (Å²) in [5, 5.41) is 9.42. The summed E-state index contributed by atoms with van der Waals surface area (Å²) in [4.78, 5) is 9.25. The van der Waals surface area contributed by atoms with Gasteiger partial charge in [-0.1, -0.05) is 13.3 Å². The molecule has 0 spiro atoms. The highest BCUT2D eigenvalue weighted by Crippen LogP contribution is 2.24. The summed E-state index contributed by atoms with van der Waals surface area (Å²) in [5.41, 5.74) is 1.71. The van der Waals surface area contributed by atoms with Gasteiger partial charge in [-0.25, -0.2) is 4.98 Å².